The first-order valence-corrected chi connectivity index (χ1v) is 6.83. The van der Waals surface area contributed by atoms with E-state index in [-0.39, 0.29) is 5.56 Å². The molecule has 0 amide bonds. The SMILES string of the molecule is CCCCC(CC)Cn1ncc(N(C)C)cc1=O. The van der Waals surface area contributed by atoms with Gasteiger partial charge in [-0.25, -0.2) is 4.68 Å². The molecule has 102 valence electrons. The Morgan fingerprint density at radius 1 is 1.39 bits per heavy atom. The van der Waals surface area contributed by atoms with Crippen LogP contribution in [0.5, 0.6) is 0 Å². The van der Waals surface area contributed by atoms with Crippen molar-refractivity contribution in [3.05, 3.63) is 22.6 Å². The van der Waals surface area contributed by atoms with Gasteiger partial charge in [-0.15, -0.1) is 0 Å². The molecule has 1 aromatic rings. The van der Waals surface area contributed by atoms with E-state index in [4.69, 9.17) is 0 Å². The van der Waals surface area contributed by atoms with Crippen molar-refractivity contribution in [2.45, 2.75) is 46.1 Å². The second-order valence-corrected chi connectivity index (χ2v) is 5.05. The van der Waals surface area contributed by atoms with E-state index in [1.54, 1.807) is 16.9 Å². The summed E-state index contributed by atoms with van der Waals surface area (Å²) in [6.45, 7) is 5.12. The van der Waals surface area contributed by atoms with Crippen molar-refractivity contribution in [2.75, 3.05) is 19.0 Å². The quantitative estimate of drug-likeness (QED) is 0.747. The molecule has 1 heterocycles. The Bertz CT molecular complexity index is 412. The predicted octanol–water partition coefficient (Wildman–Crippen LogP) is 2.53. The third-order valence-electron chi connectivity index (χ3n) is 3.35. The fraction of sp³-hybridized carbons (Fsp3) is 0.714. The van der Waals surface area contributed by atoms with Crippen molar-refractivity contribution in [3.63, 3.8) is 0 Å². The lowest BCUT2D eigenvalue weighted by atomic mass is 9.99. The number of hydrogen-bond acceptors (Lipinski definition) is 3. The molecule has 18 heavy (non-hydrogen) atoms. The van der Waals surface area contributed by atoms with Crippen molar-refractivity contribution in [1.82, 2.24) is 9.78 Å². The fourth-order valence-corrected chi connectivity index (χ4v) is 1.97. The van der Waals surface area contributed by atoms with Crippen molar-refractivity contribution in [2.24, 2.45) is 5.92 Å². The molecule has 0 fully saturated rings. The van der Waals surface area contributed by atoms with Gasteiger partial charge in [0.2, 0.25) is 0 Å². The lowest BCUT2D eigenvalue weighted by molar-refractivity contribution is 0.363. The maximum Gasteiger partial charge on any atom is 0.268 e. The zero-order valence-electron chi connectivity index (χ0n) is 12.0. The van der Waals surface area contributed by atoms with Crippen LogP contribution in [0.1, 0.15) is 39.5 Å². The van der Waals surface area contributed by atoms with Crippen LogP contribution in [0.15, 0.2) is 17.1 Å². The van der Waals surface area contributed by atoms with Gasteiger partial charge in [0.05, 0.1) is 11.9 Å². The van der Waals surface area contributed by atoms with Crippen molar-refractivity contribution in [1.29, 1.82) is 0 Å². The van der Waals surface area contributed by atoms with Crippen molar-refractivity contribution in [3.8, 4) is 0 Å². The molecule has 0 saturated carbocycles. The van der Waals surface area contributed by atoms with E-state index in [2.05, 4.69) is 18.9 Å². The summed E-state index contributed by atoms with van der Waals surface area (Å²) < 4.78 is 1.59. The highest BCUT2D eigenvalue weighted by Crippen LogP contribution is 2.14. The van der Waals surface area contributed by atoms with Crippen LogP contribution in [-0.2, 0) is 6.54 Å². The van der Waals surface area contributed by atoms with Gasteiger partial charge in [0.25, 0.3) is 5.56 Å². The Kier molecular flexibility index (Phi) is 5.89. The molecule has 0 aromatic carbocycles. The topological polar surface area (TPSA) is 38.1 Å². The smallest absolute Gasteiger partial charge is 0.268 e. The highest BCUT2D eigenvalue weighted by Gasteiger charge is 2.09. The Labute approximate surface area is 110 Å². The van der Waals surface area contributed by atoms with Gasteiger partial charge >= 0.3 is 0 Å². The minimum atomic E-state index is -0.00357. The molecule has 4 nitrogen and oxygen atoms in total. The zero-order valence-corrected chi connectivity index (χ0v) is 12.0. The first-order chi connectivity index (χ1) is 8.58. The number of anilines is 1. The standard InChI is InChI=1S/C14H25N3O/c1-5-7-8-12(6-2)11-17-14(18)9-13(10-15-17)16(3)4/h9-10,12H,5-8,11H2,1-4H3. The lowest BCUT2D eigenvalue weighted by Gasteiger charge is -2.16. The van der Waals surface area contributed by atoms with E-state index in [0.717, 1.165) is 18.7 Å². The van der Waals surface area contributed by atoms with E-state index < -0.39 is 0 Å². The van der Waals surface area contributed by atoms with Crippen LogP contribution in [0.3, 0.4) is 0 Å². The number of hydrogen-bond donors (Lipinski definition) is 0. The predicted molar refractivity (Wildman–Crippen MR) is 76.1 cm³/mol. The van der Waals surface area contributed by atoms with Gasteiger partial charge in [-0.1, -0.05) is 33.1 Å². The minimum absolute atomic E-state index is 0.00357. The van der Waals surface area contributed by atoms with E-state index in [1.165, 1.54) is 19.3 Å². The Morgan fingerprint density at radius 3 is 2.61 bits per heavy atom. The number of aromatic nitrogens is 2. The van der Waals surface area contributed by atoms with E-state index in [1.807, 2.05) is 19.0 Å². The summed E-state index contributed by atoms with van der Waals surface area (Å²) in [5.74, 6) is 0.556. The molecule has 4 heteroatoms. The fourth-order valence-electron chi connectivity index (χ4n) is 1.97. The van der Waals surface area contributed by atoms with Gasteiger partial charge in [0.1, 0.15) is 0 Å². The van der Waals surface area contributed by atoms with Crippen molar-refractivity contribution < 1.29 is 0 Å². The third kappa shape index (κ3) is 4.17. The lowest BCUT2D eigenvalue weighted by Crippen LogP contribution is -2.27. The van der Waals surface area contributed by atoms with E-state index in [0.29, 0.717) is 5.92 Å². The average molecular weight is 251 g/mol. The molecule has 1 unspecified atom stereocenters. The number of unbranched alkanes of at least 4 members (excludes halogenated alkanes) is 1. The summed E-state index contributed by atoms with van der Waals surface area (Å²) in [5, 5.41) is 4.26. The third-order valence-corrected chi connectivity index (χ3v) is 3.35. The molecule has 1 aromatic heterocycles. The van der Waals surface area contributed by atoms with Crippen LogP contribution in [0.25, 0.3) is 0 Å². The largest absolute Gasteiger partial charge is 0.376 e. The number of rotatable bonds is 7. The summed E-state index contributed by atoms with van der Waals surface area (Å²) >= 11 is 0. The Morgan fingerprint density at radius 2 is 2.11 bits per heavy atom. The molecule has 0 spiro atoms. The van der Waals surface area contributed by atoms with Gasteiger partial charge in [0.15, 0.2) is 0 Å². The molecule has 0 aliphatic heterocycles. The van der Waals surface area contributed by atoms with Crippen LogP contribution in [0, 0.1) is 5.92 Å². The minimum Gasteiger partial charge on any atom is -0.376 e. The van der Waals surface area contributed by atoms with Crippen LogP contribution >= 0.6 is 0 Å². The second kappa shape index (κ2) is 7.19. The van der Waals surface area contributed by atoms with Gasteiger partial charge in [-0.2, -0.15) is 5.10 Å². The summed E-state index contributed by atoms with van der Waals surface area (Å²) in [4.78, 5) is 13.8. The molecule has 0 bridgehead atoms. The highest BCUT2D eigenvalue weighted by molar-refractivity contribution is 5.40. The first kappa shape index (κ1) is 14.7. The van der Waals surface area contributed by atoms with Crippen molar-refractivity contribution >= 4 is 5.69 Å². The monoisotopic (exact) mass is 251 g/mol. The van der Waals surface area contributed by atoms with Gasteiger partial charge in [-0.3, -0.25) is 4.79 Å². The Balaban J connectivity index is 2.74. The molecule has 1 rings (SSSR count). The second-order valence-electron chi connectivity index (χ2n) is 5.05. The highest BCUT2D eigenvalue weighted by atomic mass is 16.1. The van der Waals surface area contributed by atoms with E-state index >= 15 is 0 Å². The molecular formula is C14H25N3O. The molecule has 0 N–H and O–H groups in total. The van der Waals surface area contributed by atoms with Gasteiger partial charge in [-0.05, 0) is 12.3 Å². The average Bonchev–Trinajstić information content (AvgIpc) is 2.35. The maximum atomic E-state index is 11.9. The Hall–Kier alpha value is -1.32. The normalized spacial score (nSPS) is 12.4. The molecule has 0 radical (unpaired) electrons. The van der Waals surface area contributed by atoms with Crippen LogP contribution in [0.4, 0.5) is 5.69 Å². The first-order valence-electron chi connectivity index (χ1n) is 6.83. The zero-order chi connectivity index (χ0) is 13.5. The van der Waals surface area contributed by atoms with Crippen LogP contribution in [-0.4, -0.2) is 23.9 Å². The molecule has 0 aliphatic rings. The molecular weight excluding hydrogens is 226 g/mol. The maximum absolute atomic E-state index is 11.9. The molecule has 0 saturated heterocycles. The summed E-state index contributed by atoms with van der Waals surface area (Å²) in [6.07, 6.45) is 6.47. The summed E-state index contributed by atoms with van der Waals surface area (Å²) in [5.41, 5.74) is 0.856. The summed E-state index contributed by atoms with van der Waals surface area (Å²) in [6, 6.07) is 1.65. The van der Waals surface area contributed by atoms with E-state index in [9.17, 15) is 4.79 Å². The number of nitrogens with zero attached hydrogens (tertiary/aromatic N) is 3. The van der Waals surface area contributed by atoms with Gasteiger partial charge < -0.3 is 4.90 Å². The molecule has 0 aliphatic carbocycles. The summed E-state index contributed by atoms with van der Waals surface area (Å²) in [7, 11) is 3.83. The van der Waals surface area contributed by atoms with Crippen LogP contribution in [0.2, 0.25) is 0 Å². The molecule has 1 atom stereocenters. The van der Waals surface area contributed by atoms with Crippen LogP contribution < -0.4 is 10.5 Å². The van der Waals surface area contributed by atoms with Gasteiger partial charge in [0, 0.05) is 26.7 Å².